The lowest BCUT2D eigenvalue weighted by molar-refractivity contribution is 0.532. The van der Waals surface area contributed by atoms with Crippen molar-refractivity contribution < 1.29 is 0 Å². The van der Waals surface area contributed by atoms with Crippen LogP contribution in [0.2, 0.25) is 0 Å². The molecular weight excluding hydrogens is 294 g/mol. The molecule has 1 atom stereocenters. The van der Waals surface area contributed by atoms with Crippen LogP contribution in [0.4, 0.5) is 0 Å². The van der Waals surface area contributed by atoms with E-state index < -0.39 is 0 Å². The summed E-state index contributed by atoms with van der Waals surface area (Å²) >= 11 is 0. The van der Waals surface area contributed by atoms with E-state index in [1.54, 1.807) is 7.05 Å². The summed E-state index contributed by atoms with van der Waals surface area (Å²) in [5.74, 6) is 0.716. The summed E-state index contributed by atoms with van der Waals surface area (Å²) in [4.78, 5) is 29.8. The maximum Gasteiger partial charge on any atom is 0.332 e. The zero-order chi connectivity index (χ0) is 16.9. The Morgan fingerprint density at radius 3 is 2.57 bits per heavy atom. The predicted molar refractivity (Wildman–Crippen MR) is 90.2 cm³/mol. The molecule has 0 saturated carbocycles. The van der Waals surface area contributed by atoms with Crippen molar-refractivity contribution in [2.45, 2.75) is 53.1 Å². The number of aryl methyl sites for hydroxylation is 2. The zero-order valence-electron chi connectivity index (χ0n) is 14.3. The molecule has 0 aliphatic carbocycles. The van der Waals surface area contributed by atoms with Gasteiger partial charge in [-0.25, -0.2) is 4.79 Å². The van der Waals surface area contributed by atoms with E-state index in [1.807, 2.05) is 24.4 Å². The van der Waals surface area contributed by atoms with Crippen molar-refractivity contribution in [3.63, 3.8) is 0 Å². The van der Waals surface area contributed by atoms with Crippen molar-refractivity contribution in [1.29, 1.82) is 0 Å². The molecule has 3 aromatic rings. The summed E-state index contributed by atoms with van der Waals surface area (Å²) in [6.07, 6.45) is 3.63. The smallest absolute Gasteiger partial charge is 0.311 e. The van der Waals surface area contributed by atoms with E-state index in [0.29, 0.717) is 23.5 Å². The molecule has 0 radical (unpaired) electrons. The van der Waals surface area contributed by atoms with E-state index >= 15 is 0 Å². The van der Waals surface area contributed by atoms with Crippen molar-refractivity contribution in [1.82, 2.24) is 23.1 Å². The first-order chi connectivity index (χ1) is 10.9. The van der Waals surface area contributed by atoms with Gasteiger partial charge in [-0.1, -0.05) is 13.8 Å². The highest BCUT2D eigenvalue weighted by Crippen LogP contribution is 2.22. The van der Waals surface area contributed by atoms with Gasteiger partial charge in [0.1, 0.15) is 0 Å². The van der Waals surface area contributed by atoms with Crippen molar-refractivity contribution >= 4 is 16.9 Å². The summed E-state index contributed by atoms with van der Waals surface area (Å²) in [5, 5.41) is 0. The lowest BCUT2D eigenvalue weighted by Crippen LogP contribution is -2.39. The SMILES string of the molecule is CCCn1c(=O)c2c(nc3n([C@H](C)CC)c(C)cn23)n(C)c1=O. The molecule has 0 aliphatic rings. The Labute approximate surface area is 133 Å². The minimum absolute atomic E-state index is 0.265. The summed E-state index contributed by atoms with van der Waals surface area (Å²) in [6, 6.07) is 0.277. The van der Waals surface area contributed by atoms with Gasteiger partial charge in [0, 0.05) is 31.5 Å². The molecule has 0 N–H and O–H groups in total. The van der Waals surface area contributed by atoms with Gasteiger partial charge in [0.15, 0.2) is 11.2 Å². The molecule has 7 nitrogen and oxygen atoms in total. The van der Waals surface area contributed by atoms with Crippen LogP contribution >= 0.6 is 0 Å². The van der Waals surface area contributed by atoms with Crippen LogP contribution in [-0.4, -0.2) is 23.1 Å². The number of imidazole rings is 2. The van der Waals surface area contributed by atoms with Gasteiger partial charge in [-0.2, -0.15) is 4.98 Å². The monoisotopic (exact) mass is 317 g/mol. The Morgan fingerprint density at radius 1 is 1.26 bits per heavy atom. The van der Waals surface area contributed by atoms with Crippen LogP contribution in [0, 0.1) is 6.92 Å². The van der Waals surface area contributed by atoms with Crippen LogP contribution in [0.25, 0.3) is 16.9 Å². The van der Waals surface area contributed by atoms with Crippen molar-refractivity contribution in [3.05, 3.63) is 32.7 Å². The van der Waals surface area contributed by atoms with Gasteiger partial charge >= 0.3 is 5.69 Å². The molecule has 3 heterocycles. The fourth-order valence-electron chi connectivity index (χ4n) is 3.18. The number of hydrogen-bond acceptors (Lipinski definition) is 3. The maximum atomic E-state index is 12.8. The first-order valence-corrected chi connectivity index (χ1v) is 8.11. The molecule has 0 saturated heterocycles. The van der Waals surface area contributed by atoms with Crippen LogP contribution in [0.1, 0.15) is 45.3 Å². The predicted octanol–water partition coefficient (Wildman–Crippen LogP) is 1.84. The molecule has 7 heteroatoms. The molecule has 0 aliphatic heterocycles. The number of nitrogens with zero attached hydrogens (tertiary/aromatic N) is 5. The minimum atomic E-state index is -0.308. The third-order valence-corrected chi connectivity index (χ3v) is 4.55. The van der Waals surface area contributed by atoms with E-state index in [2.05, 4.69) is 23.4 Å². The topological polar surface area (TPSA) is 66.2 Å². The molecule has 0 bridgehead atoms. The molecule has 23 heavy (non-hydrogen) atoms. The third-order valence-electron chi connectivity index (χ3n) is 4.55. The molecule has 0 amide bonds. The average molecular weight is 317 g/mol. The van der Waals surface area contributed by atoms with Crippen molar-refractivity contribution in [2.75, 3.05) is 0 Å². The van der Waals surface area contributed by atoms with Gasteiger partial charge in [-0.15, -0.1) is 0 Å². The van der Waals surface area contributed by atoms with Gasteiger partial charge in [0.25, 0.3) is 5.56 Å². The van der Waals surface area contributed by atoms with Gasteiger partial charge < -0.3 is 4.57 Å². The van der Waals surface area contributed by atoms with Crippen LogP contribution in [0.5, 0.6) is 0 Å². The fraction of sp³-hybridized carbons (Fsp3) is 0.562. The van der Waals surface area contributed by atoms with Crippen LogP contribution < -0.4 is 11.2 Å². The summed E-state index contributed by atoms with van der Waals surface area (Å²) in [6.45, 7) is 8.62. The first-order valence-electron chi connectivity index (χ1n) is 8.11. The Morgan fingerprint density at radius 2 is 1.96 bits per heavy atom. The molecule has 0 aromatic carbocycles. The van der Waals surface area contributed by atoms with Gasteiger partial charge in [-0.05, 0) is 26.7 Å². The standard InChI is InChI=1S/C16H23N5O2/c1-6-8-19-14(22)12-13(18(5)16(19)23)17-15-20(12)9-11(4)21(15)10(3)7-2/h9-10H,6-8H2,1-5H3/t10-/m1/s1. The Balaban J connectivity index is 2.50. The van der Waals surface area contributed by atoms with E-state index in [-0.39, 0.29) is 17.3 Å². The van der Waals surface area contributed by atoms with Crippen molar-refractivity contribution in [2.24, 2.45) is 7.05 Å². The quantitative estimate of drug-likeness (QED) is 0.737. The van der Waals surface area contributed by atoms with E-state index in [0.717, 1.165) is 18.5 Å². The highest BCUT2D eigenvalue weighted by Gasteiger charge is 2.21. The second-order valence-electron chi connectivity index (χ2n) is 6.15. The third kappa shape index (κ3) is 2.06. The van der Waals surface area contributed by atoms with E-state index in [4.69, 9.17) is 0 Å². The lowest BCUT2D eigenvalue weighted by Gasteiger charge is -2.12. The van der Waals surface area contributed by atoms with Crippen LogP contribution in [0.15, 0.2) is 15.8 Å². The Bertz CT molecular complexity index is 1000. The number of fused-ring (bicyclic) bond motifs is 3. The Hall–Kier alpha value is -2.31. The summed E-state index contributed by atoms with van der Waals surface area (Å²) in [7, 11) is 1.67. The highest BCUT2D eigenvalue weighted by molar-refractivity contribution is 5.75. The van der Waals surface area contributed by atoms with E-state index in [1.165, 1.54) is 9.13 Å². The molecule has 0 spiro atoms. The van der Waals surface area contributed by atoms with Gasteiger partial charge in [0.05, 0.1) is 0 Å². The molecule has 0 fully saturated rings. The molecule has 0 unspecified atom stereocenters. The highest BCUT2D eigenvalue weighted by atomic mass is 16.2. The minimum Gasteiger partial charge on any atom is -0.311 e. The number of hydrogen-bond donors (Lipinski definition) is 0. The normalized spacial score (nSPS) is 13.3. The summed E-state index contributed by atoms with van der Waals surface area (Å²) in [5.41, 5.74) is 1.40. The lowest BCUT2D eigenvalue weighted by atomic mass is 10.2. The molecular formula is C16H23N5O2. The summed E-state index contributed by atoms with van der Waals surface area (Å²) < 4.78 is 6.71. The van der Waals surface area contributed by atoms with Crippen molar-refractivity contribution in [3.8, 4) is 0 Å². The number of rotatable bonds is 4. The van der Waals surface area contributed by atoms with Gasteiger partial charge in [-0.3, -0.25) is 18.3 Å². The fourth-order valence-corrected chi connectivity index (χ4v) is 3.18. The average Bonchev–Trinajstić information content (AvgIpc) is 3.03. The molecule has 3 rings (SSSR count). The number of aromatic nitrogens is 5. The maximum absolute atomic E-state index is 12.8. The van der Waals surface area contributed by atoms with Gasteiger partial charge in [0.2, 0.25) is 5.78 Å². The van der Waals surface area contributed by atoms with Crippen LogP contribution in [-0.2, 0) is 13.6 Å². The second-order valence-corrected chi connectivity index (χ2v) is 6.15. The van der Waals surface area contributed by atoms with E-state index in [9.17, 15) is 9.59 Å². The first kappa shape index (κ1) is 15.6. The largest absolute Gasteiger partial charge is 0.332 e. The molecule has 3 aromatic heterocycles. The zero-order valence-corrected chi connectivity index (χ0v) is 14.3. The second kappa shape index (κ2) is 5.40. The molecule has 124 valence electrons. The van der Waals surface area contributed by atoms with Crippen LogP contribution in [0.3, 0.4) is 0 Å². The Kier molecular flexibility index (Phi) is 3.66.